The lowest BCUT2D eigenvalue weighted by molar-refractivity contribution is 1.28. The third-order valence-electron chi connectivity index (χ3n) is 1.59. The van der Waals surface area contributed by atoms with Crippen molar-refractivity contribution < 1.29 is 0 Å². The number of nitrogens with one attached hydrogen (secondary N) is 1. The van der Waals surface area contributed by atoms with Gasteiger partial charge in [-0.25, -0.2) is 0 Å². The van der Waals surface area contributed by atoms with Crippen molar-refractivity contribution in [1.82, 2.24) is 9.97 Å². The summed E-state index contributed by atoms with van der Waals surface area (Å²) in [4.78, 5) is 17.4. The summed E-state index contributed by atoms with van der Waals surface area (Å²) < 4.78 is 0. The SMILES string of the molecule is O=c1ccc2cncc(Cl)c2[nH]1. The molecule has 2 rings (SSSR count). The summed E-state index contributed by atoms with van der Waals surface area (Å²) in [7, 11) is 0. The van der Waals surface area contributed by atoms with Crippen LogP contribution < -0.4 is 5.56 Å². The zero-order valence-electron chi connectivity index (χ0n) is 6.04. The van der Waals surface area contributed by atoms with Gasteiger partial charge < -0.3 is 4.98 Å². The highest BCUT2D eigenvalue weighted by Crippen LogP contribution is 2.16. The van der Waals surface area contributed by atoms with Crippen molar-refractivity contribution in [2.75, 3.05) is 0 Å². The van der Waals surface area contributed by atoms with E-state index in [1.165, 1.54) is 12.3 Å². The lowest BCUT2D eigenvalue weighted by Gasteiger charge is -1.96. The predicted octanol–water partition coefficient (Wildman–Crippen LogP) is 1.58. The second-order valence-corrected chi connectivity index (χ2v) is 2.82. The fourth-order valence-electron chi connectivity index (χ4n) is 1.04. The van der Waals surface area contributed by atoms with Crippen LogP contribution in [0.2, 0.25) is 5.02 Å². The minimum absolute atomic E-state index is 0.157. The number of hydrogen-bond acceptors (Lipinski definition) is 2. The quantitative estimate of drug-likeness (QED) is 0.669. The minimum Gasteiger partial charge on any atom is -0.321 e. The summed E-state index contributed by atoms with van der Waals surface area (Å²) in [5.41, 5.74) is 0.481. The van der Waals surface area contributed by atoms with Gasteiger partial charge in [-0.3, -0.25) is 9.78 Å². The summed E-state index contributed by atoms with van der Waals surface area (Å²) in [5.74, 6) is 0. The van der Waals surface area contributed by atoms with Crippen LogP contribution in [-0.2, 0) is 0 Å². The molecule has 0 amide bonds. The molecule has 0 spiro atoms. The van der Waals surface area contributed by atoms with Crippen LogP contribution in [0, 0.1) is 0 Å². The highest BCUT2D eigenvalue weighted by molar-refractivity contribution is 6.34. The van der Waals surface area contributed by atoms with Gasteiger partial charge in [-0.2, -0.15) is 0 Å². The molecular formula is C8H5ClN2O. The average molecular weight is 181 g/mol. The minimum atomic E-state index is -0.157. The number of H-pyrrole nitrogens is 1. The lowest BCUT2D eigenvalue weighted by atomic mass is 10.3. The van der Waals surface area contributed by atoms with Crippen LogP contribution in [0.4, 0.5) is 0 Å². The first kappa shape index (κ1) is 7.31. The van der Waals surface area contributed by atoms with Crippen LogP contribution in [0.25, 0.3) is 10.9 Å². The third kappa shape index (κ3) is 1.08. The first-order valence-electron chi connectivity index (χ1n) is 3.40. The number of hydrogen-bond donors (Lipinski definition) is 1. The number of fused-ring (bicyclic) bond motifs is 1. The molecule has 0 atom stereocenters. The molecular weight excluding hydrogens is 176 g/mol. The number of rotatable bonds is 0. The molecule has 12 heavy (non-hydrogen) atoms. The van der Waals surface area contributed by atoms with Gasteiger partial charge in [0.15, 0.2) is 0 Å². The molecule has 0 saturated carbocycles. The Morgan fingerprint density at radius 2 is 2.17 bits per heavy atom. The fourth-order valence-corrected chi connectivity index (χ4v) is 1.25. The van der Waals surface area contributed by atoms with Crippen molar-refractivity contribution in [3.63, 3.8) is 0 Å². The molecule has 0 aromatic carbocycles. The molecule has 2 aromatic rings. The number of aromatic nitrogens is 2. The van der Waals surface area contributed by atoms with Gasteiger partial charge in [0.05, 0.1) is 10.5 Å². The number of halogens is 1. The monoisotopic (exact) mass is 180 g/mol. The Kier molecular flexibility index (Phi) is 1.59. The largest absolute Gasteiger partial charge is 0.321 e. The maximum Gasteiger partial charge on any atom is 0.248 e. The third-order valence-corrected chi connectivity index (χ3v) is 1.88. The second-order valence-electron chi connectivity index (χ2n) is 2.41. The molecule has 0 bridgehead atoms. The zero-order valence-corrected chi connectivity index (χ0v) is 6.80. The molecule has 60 valence electrons. The van der Waals surface area contributed by atoms with E-state index in [0.717, 1.165) is 5.39 Å². The van der Waals surface area contributed by atoms with Crippen LogP contribution >= 0.6 is 11.6 Å². The summed E-state index contributed by atoms with van der Waals surface area (Å²) >= 11 is 5.80. The Morgan fingerprint density at radius 1 is 1.33 bits per heavy atom. The Bertz CT molecular complexity index is 478. The van der Waals surface area contributed by atoms with Gasteiger partial charge in [0.25, 0.3) is 0 Å². The van der Waals surface area contributed by atoms with Crippen molar-refractivity contribution in [2.45, 2.75) is 0 Å². The van der Waals surface area contributed by atoms with Crippen LogP contribution in [0.3, 0.4) is 0 Å². The van der Waals surface area contributed by atoms with E-state index >= 15 is 0 Å². The Morgan fingerprint density at radius 3 is 3.00 bits per heavy atom. The van der Waals surface area contributed by atoms with E-state index in [2.05, 4.69) is 9.97 Å². The van der Waals surface area contributed by atoms with E-state index in [9.17, 15) is 4.79 Å². The Balaban J connectivity index is 2.97. The maximum atomic E-state index is 10.9. The van der Waals surface area contributed by atoms with Crippen LogP contribution in [0.15, 0.2) is 29.3 Å². The maximum absolute atomic E-state index is 10.9. The van der Waals surface area contributed by atoms with E-state index in [4.69, 9.17) is 11.6 Å². The molecule has 0 aliphatic heterocycles. The van der Waals surface area contributed by atoms with Gasteiger partial charge in [0, 0.05) is 23.8 Å². The Labute approximate surface area is 73.0 Å². The van der Waals surface area contributed by atoms with E-state index in [0.29, 0.717) is 10.5 Å². The van der Waals surface area contributed by atoms with Crippen molar-refractivity contribution in [3.8, 4) is 0 Å². The van der Waals surface area contributed by atoms with Gasteiger partial charge in [0.2, 0.25) is 5.56 Å². The first-order valence-corrected chi connectivity index (χ1v) is 3.78. The first-order chi connectivity index (χ1) is 5.77. The molecule has 2 heterocycles. The normalized spacial score (nSPS) is 10.4. The molecule has 0 aliphatic rings. The van der Waals surface area contributed by atoms with Gasteiger partial charge in [-0.1, -0.05) is 11.6 Å². The molecule has 2 aromatic heterocycles. The molecule has 0 unspecified atom stereocenters. The summed E-state index contributed by atoms with van der Waals surface area (Å²) in [6.07, 6.45) is 3.15. The van der Waals surface area contributed by atoms with E-state index < -0.39 is 0 Å². The van der Waals surface area contributed by atoms with Crippen LogP contribution in [0.5, 0.6) is 0 Å². The molecule has 3 nitrogen and oxygen atoms in total. The molecule has 0 radical (unpaired) electrons. The molecule has 0 saturated heterocycles. The van der Waals surface area contributed by atoms with Crippen molar-refractivity contribution in [1.29, 1.82) is 0 Å². The topological polar surface area (TPSA) is 45.8 Å². The molecule has 1 N–H and O–H groups in total. The van der Waals surface area contributed by atoms with Crippen molar-refractivity contribution in [2.24, 2.45) is 0 Å². The van der Waals surface area contributed by atoms with Crippen molar-refractivity contribution >= 4 is 22.5 Å². The second kappa shape index (κ2) is 2.60. The van der Waals surface area contributed by atoms with Gasteiger partial charge >= 0.3 is 0 Å². The number of nitrogens with zero attached hydrogens (tertiary/aromatic N) is 1. The van der Waals surface area contributed by atoms with E-state index in [1.807, 2.05) is 0 Å². The van der Waals surface area contributed by atoms with Crippen LogP contribution in [-0.4, -0.2) is 9.97 Å². The van der Waals surface area contributed by atoms with Gasteiger partial charge in [0.1, 0.15) is 0 Å². The van der Waals surface area contributed by atoms with E-state index in [-0.39, 0.29) is 5.56 Å². The average Bonchev–Trinajstić information content (AvgIpc) is 2.07. The zero-order chi connectivity index (χ0) is 8.55. The summed E-state index contributed by atoms with van der Waals surface area (Å²) in [5, 5.41) is 1.30. The number of pyridine rings is 2. The van der Waals surface area contributed by atoms with Gasteiger partial charge in [-0.15, -0.1) is 0 Å². The van der Waals surface area contributed by atoms with Gasteiger partial charge in [-0.05, 0) is 6.07 Å². The summed E-state index contributed by atoms with van der Waals surface area (Å²) in [6.45, 7) is 0. The highest BCUT2D eigenvalue weighted by atomic mass is 35.5. The smallest absolute Gasteiger partial charge is 0.248 e. The molecule has 0 fully saturated rings. The summed E-state index contributed by atoms with van der Waals surface area (Å²) in [6, 6.07) is 3.13. The highest BCUT2D eigenvalue weighted by Gasteiger charge is 1.98. The predicted molar refractivity (Wildman–Crippen MR) is 47.4 cm³/mol. The molecule has 0 aliphatic carbocycles. The van der Waals surface area contributed by atoms with Crippen molar-refractivity contribution in [3.05, 3.63) is 39.9 Å². The van der Waals surface area contributed by atoms with Crippen LogP contribution in [0.1, 0.15) is 0 Å². The number of aromatic amines is 1. The standard InChI is InChI=1S/C8H5ClN2O/c9-6-4-10-3-5-1-2-7(12)11-8(5)6/h1-4H,(H,11,12). The lowest BCUT2D eigenvalue weighted by Crippen LogP contribution is -2.02. The fraction of sp³-hybridized carbons (Fsp3) is 0. The Hall–Kier alpha value is -1.35. The molecule has 4 heteroatoms. The van der Waals surface area contributed by atoms with E-state index in [1.54, 1.807) is 12.3 Å².